The molecule has 3 rings (SSSR count). The third-order valence-electron chi connectivity index (χ3n) is 4.36. The summed E-state index contributed by atoms with van der Waals surface area (Å²) in [7, 11) is 1.84. The van der Waals surface area contributed by atoms with Crippen LogP contribution in [-0.2, 0) is 10.2 Å². The molecular formula is C19H19NO. The minimum atomic E-state index is -0.590. The van der Waals surface area contributed by atoms with E-state index in [4.69, 9.17) is 0 Å². The van der Waals surface area contributed by atoms with Crippen LogP contribution in [0.4, 0.5) is 5.69 Å². The second kappa shape index (κ2) is 4.88. The molecule has 1 heterocycles. The Morgan fingerprint density at radius 1 is 1.05 bits per heavy atom. The van der Waals surface area contributed by atoms with Crippen LogP contribution in [0.1, 0.15) is 23.6 Å². The number of carbonyl (C=O) groups is 1. The van der Waals surface area contributed by atoms with Gasteiger partial charge in [-0.25, -0.2) is 0 Å². The van der Waals surface area contributed by atoms with Crippen LogP contribution >= 0.6 is 0 Å². The normalized spacial score (nSPS) is 21.1. The van der Waals surface area contributed by atoms with Gasteiger partial charge in [0.15, 0.2) is 0 Å². The first kappa shape index (κ1) is 13.6. The molecule has 0 fully saturated rings. The Hall–Kier alpha value is -2.35. The number of benzene rings is 2. The first-order valence-corrected chi connectivity index (χ1v) is 7.16. The SMILES string of the molecule is Cc1ccccc1/C=C/C1(C)C(=O)N(C)c2ccccc21. The first-order chi connectivity index (χ1) is 10.0. The summed E-state index contributed by atoms with van der Waals surface area (Å²) in [4.78, 5) is 14.4. The van der Waals surface area contributed by atoms with E-state index in [1.807, 2.05) is 56.4 Å². The van der Waals surface area contributed by atoms with Crippen LogP contribution in [0, 0.1) is 6.92 Å². The van der Waals surface area contributed by atoms with Gasteiger partial charge in [0.05, 0.1) is 5.41 Å². The molecule has 1 aliphatic heterocycles. The minimum absolute atomic E-state index is 0.119. The number of hydrogen-bond acceptors (Lipinski definition) is 1. The molecule has 0 saturated carbocycles. The maximum Gasteiger partial charge on any atom is 0.241 e. The first-order valence-electron chi connectivity index (χ1n) is 7.16. The molecule has 0 aliphatic carbocycles. The maximum atomic E-state index is 12.7. The average molecular weight is 277 g/mol. The molecule has 0 bridgehead atoms. The summed E-state index contributed by atoms with van der Waals surface area (Å²) in [6.07, 6.45) is 4.09. The van der Waals surface area contributed by atoms with Gasteiger partial charge >= 0.3 is 0 Å². The zero-order chi connectivity index (χ0) is 15.0. The number of amides is 1. The second-order valence-corrected chi connectivity index (χ2v) is 5.77. The van der Waals surface area contributed by atoms with Crippen LogP contribution in [0.5, 0.6) is 0 Å². The van der Waals surface area contributed by atoms with Crippen molar-refractivity contribution in [3.05, 3.63) is 71.3 Å². The van der Waals surface area contributed by atoms with Crippen molar-refractivity contribution in [2.45, 2.75) is 19.3 Å². The number of carbonyl (C=O) groups excluding carboxylic acids is 1. The Kier molecular flexibility index (Phi) is 3.17. The van der Waals surface area contributed by atoms with Crippen LogP contribution in [0.3, 0.4) is 0 Å². The van der Waals surface area contributed by atoms with Crippen molar-refractivity contribution in [2.75, 3.05) is 11.9 Å². The summed E-state index contributed by atoms with van der Waals surface area (Å²) >= 11 is 0. The van der Waals surface area contributed by atoms with Gasteiger partial charge in [-0.05, 0) is 36.6 Å². The monoisotopic (exact) mass is 277 g/mol. The lowest BCUT2D eigenvalue weighted by molar-refractivity contribution is -0.120. The fourth-order valence-electron chi connectivity index (χ4n) is 2.97. The third kappa shape index (κ3) is 2.07. The molecule has 1 aliphatic rings. The largest absolute Gasteiger partial charge is 0.314 e. The van der Waals surface area contributed by atoms with E-state index < -0.39 is 5.41 Å². The number of fused-ring (bicyclic) bond motifs is 1. The third-order valence-corrected chi connectivity index (χ3v) is 4.36. The maximum absolute atomic E-state index is 12.7. The number of aryl methyl sites for hydroxylation is 1. The summed E-state index contributed by atoms with van der Waals surface area (Å²) in [6, 6.07) is 16.2. The highest BCUT2D eigenvalue weighted by Crippen LogP contribution is 2.42. The van der Waals surface area contributed by atoms with E-state index in [0.29, 0.717) is 0 Å². The zero-order valence-corrected chi connectivity index (χ0v) is 12.6. The van der Waals surface area contributed by atoms with Crippen LogP contribution < -0.4 is 4.90 Å². The van der Waals surface area contributed by atoms with Crippen LogP contribution in [-0.4, -0.2) is 13.0 Å². The van der Waals surface area contributed by atoms with E-state index in [2.05, 4.69) is 25.1 Å². The van der Waals surface area contributed by atoms with E-state index in [-0.39, 0.29) is 5.91 Å². The van der Waals surface area contributed by atoms with Crippen LogP contribution in [0.15, 0.2) is 54.6 Å². The predicted molar refractivity (Wildman–Crippen MR) is 87.4 cm³/mol. The van der Waals surface area contributed by atoms with Gasteiger partial charge in [0.2, 0.25) is 5.91 Å². The van der Waals surface area contributed by atoms with Crippen LogP contribution in [0.2, 0.25) is 0 Å². The molecule has 21 heavy (non-hydrogen) atoms. The van der Waals surface area contributed by atoms with Crippen LogP contribution in [0.25, 0.3) is 6.08 Å². The van der Waals surface area contributed by atoms with Crippen molar-refractivity contribution in [1.29, 1.82) is 0 Å². The molecule has 106 valence electrons. The molecule has 2 heteroatoms. The van der Waals surface area contributed by atoms with Gasteiger partial charge in [0.25, 0.3) is 0 Å². The Labute approximate surface area is 125 Å². The van der Waals surface area contributed by atoms with Gasteiger partial charge in [-0.3, -0.25) is 4.79 Å². The van der Waals surface area contributed by atoms with Gasteiger partial charge < -0.3 is 4.90 Å². The van der Waals surface area contributed by atoms with Crippen molar-refractivity contribution in [3.8, 4) is 0 Å². The lowest BCUT2D eigenvalue weighted by Crippen LogP contribution is -2.34. The molecule has 0 saturated heterocycles. The van der Waals surface area contributed by atoms with Crippen molar-refractivity contribution in [2.24, 2.45) is 0 Å². The Morgan fingerprint density at radius 2 is 1.71 bits per heavy atom. The summed E-state index contributed by atoms with van der Waals surface area (Å²) in [5, 5.41) is 0. The Bertz CT molecular complexity index is 732. The summed E-state index contributed by atoms with van der Waals surface area (Å²) in [5.41, 5.74) is 3.85. The molecule has 2 aromatic rings. The molecule has 0 aromatic heterocycles. The topological polar surface area (TPSA) is 20.3 Å². The Balaban J connectivity index is 2.06. The van der Waals surface area contributed by atoms with Crippen molar-refractivity contribution < 1.29 is 4.79 Å². The van der Waals surface area contributed by atoms with Crippen molar-refractivity contribution >= 4 is 17.7 Å². The smallest absolute Gasteiger partial charge is 0.241 e. The summed E-state index contributed by atoms with van der Waals surface area (Å²) in [6.45, 7) is 4.07. The molecular weight excluding hydrogens is 258 g/mol. The van der Waals surface area contributed by atoms with E-state index in [1.165, 1.54) is 5.56 Å². The molecule has 0 N–H and O–H groups in total. The van der Waals surface area contributed by atoms with E-state index in [9.17, 15) is 4.79 Å². The second-order valence-electron chi connectivity index (χ2n) is 5.77. The number of nitrogens with zero attached hydrogens (tertiary/aromatic N) is 1. The highest BCUT2D eigenvalue weighted by atomic mass is 16.2. The summed E-state index contributed by atoms with van der Waals surface area (Å²) < 4.78 is 0. The fourth-order valence-corrected chi connectivity index (χ4v) is 2.97. The summed E-state index contributed by atoms with van der Waals surface area (Å²) in [5.74, 6) is 0.119. The molecule has 1 amide bonds. The fraction of sp³-hybridized carbons (Fsp3) is 0.211. The van der Waals surface area contributed by atoms with Gasteiger partial charge in [0.1, 0.15) is 0 Å². The van der Waals surface area contributed by atoms with E-state index in [0.717, 1.165) is 16.8 Å². The lowest BCUT2D eigenvalue weighted by atomic mass is 9.83. The average Bonchev–Trinajstić information content (AvgIpc) is 2.70. The lowest BCUT2D eigenvalue weighted by Gasteiger charge is -2.19. The molecule has 1 atom stereocenters. The van der Waals surface area contributed by atoms with Gasteiger partial charge in [-0.15, -0.1) is 0 Å². The molecule has 1 unspecified atom stereocenters. The van der Waals surface area contributed by atoms with Crippen molar-refractivity contribution in [3.63, 3.8) is 0 Å². The predicted octanol–water partition coefficient (Wildman–Crippen LogP) is 3.94. The van der Waals surface area contributed by atoms with E-state index >= 15 is 0 Å². The van der Waals surface area contributed by atoms with E-state index in [1.54, 1.807) is 4.90 Å². The van der Waals surface area contributed by atoms with Gasteiger partial charge in [0, 0.05) is 12.7 Å². The molecule has 2 aromatic carbocycles. The quantitative estimate of drug-likeness (QED) is 0.814. The minimum Gasteiger partial charge on any atom is -0.314 e. The number of rotatable bonds is 2. The number of para-hydroxylation sites is 1. The number of hydrogen-bond donors (Lipinski definition) is 0. The number of likely N-dealkylation sites (N-methyl/N-ethyl adjacent to an activating group) is 1. The standard InChI is InChI=1S/C19H19NO/c1-14-8-4-5-9-15(14)12-13-19(2)16-10-6-7-11-17(16)20(3)18(19)21/h4-13H,1-3H3/b13-12+. The highest BCUT2D eigenvalue weighted by Gasteiger charge is 2.43. The van der Waals surface area contributed by atoms with Gasteiger partial charge in [-0.1, -0.05) is 54.6 Å². The highest BCUT2D eigenvalue weighted by molar-refractivity contribution is 6.09. The zero-order valence-electron chi connectivity index (χ0n) is 12.6. The Morgan fingerprint density at radius 3 is 2.48 bits per heavy atom. The molecule has 0 spiro atoms. The molecule has 2 nitrogen and oxygen atoms in total. The number of anilines is 1. The van der Waals surface area contributed by atoms with Crippen molar-refractivity contribution in [1.82, 2.24) is 0 Å². The van der Waals surface area contributed by atoms with Gasteiger partial charge in [-0.2, -0.15) is 0 Å². The molecule has 0 radical (unpaired) electrons.